The second-order valence-electron chi connectivity index (χ2n) is 5.16. The zero-order chi connectivity index (χ0) is 17.9. The number of hydrogen-bond acceptors (Lipinski definition) is 5. The Bertz CT molecular complexity index is 775. The monoisotopic (exact) mass is 389 g/mol. The molecule has 5 nitrogen and oxygen atoms in total. The first kappa shape index (κ1) is 18.8. The highest BCUT2D eigenvalue weighted by Crippen LogP contribution is 2.43. The van der Waals surface area contributed by atoms with Crippen LogP contribution in [0.3, 0.4) is 0 Å². The van der Waals surface area contributed by atoms with Crippen molar-refractivity contribution in [1.82, 2.24) is 5.32 Å². The normalized spacial score (nSPS) is 12.0. The van der Waals surface area contributed by atoms with Crippen molar-refractivity contribution in [3.63, 3.8) is 0 Å². The summed E-state index contributed by atoms with van der Waals surface area (Å²) in [5.74, 6) is -0.514. The highest BCUT2D eigenvalue weighted by atomic mass is 35.5. The van der Waals surface area contributed by atoms with Crippen LogP contribution >= 0.6 is 34.5 Å². The number of rotatable bonds is 6. The average Bonchev–Trinajstić information content (AvgIpc) is 2.91. The van der Waals surface area contributed by atoms with Crippen molar-refractivity contribution < 1.29 is 19.1 Å². The number of thiophene rings is 1. The van der Waals surface area contributed by atoms with Crippen molar-refractivity contribution >= 4 is 56.5 Å². The number of methoxy groups -OCH3 is 1. The molecule has 0 fully saturated rings. The Morgan fingerprint density at radius 3 is 2.62 bits per heavy atom. The van der Waals surface area contributed by atoms with E-state index < -0.39 is 5.97 Å². The third kappa shape index (κ3) is 3.94. The Morgan fingerprint density at radius 1 is 1.29 bits per heavy atom. The number of ether oxygens (including phenoxy) is 2. The molecule has 0 spiro atoms. The van der Waals surface area contributed by atoms with E-state index in [0.29, 0.717) is 20.9 Å². The molecule has 0 aliphatic rings. The first-order valence-corrected chi connectivity index (χ1v) is 8.87. The Labute approximate surface area is 153 Å². The summed E-state index contributed by atoms with van der Waals surface area (Å²) in [4.78, 5) is 24.1. The number of esters is 1. The minimum absolute atomic E-state index is 0.0235. The first-order chi connectivity index (χ1) is 11.4. The van der Waals surface area contributed by atoms with Gasteiger partial charge in [0.15, 0.2) is 6.61 Å². The van der Waals surface area contributed by atoms with Crippen LogP contribution in [0.4, 0.5) is 0 Å². The molecule has 2 rings (SSSR count). The molecule has 1 aromatic carbocycles. The fourth-order valence-corrected chi connectivity index (χ4v) is 3.76. The van der Waals surface area contributed by atoms with Crippen LogP contribution in [0.1, 0.15) is 29.9 Å². The molecule has 0 radical (unpaired) electrons. The predicted molar refractivity (Wildman–Crippen MR) is 96.6 cm³/mol. The maximum absolute atomic E-state index is 12.2. The maximum Gasteiger partial charge on any atom is 0.350 e. The lowest BCUT2D eigenvalue weighted by Crippen LogP contribution is -2.35. The van der Waals surface area contributed by atoms with Gasteiger partial charge in [-0.1, -0.05) is 30.1 Å². The van der Waals surface area contributed by atoms with E-state index in [1.807, 2.05) is 13.8 Å². The molecule has 8 heteroatoms. The van der Waals surface area contributed by atoms with E-state index in [4.69, 9.17) is 32.7 Å². The number of hydrogen-bond donors (Lipinski definition) is 1. The molecule has 2 aromatic rings. The molecular formula is C16H17Cl2NO4S. The number of carbonyl (C=O) groups excluding carboxylic acids is 2. The zero-order valence-corrected chi connectivity index (χ0v) is 15.8. The molecule has 24 heavy (non-hydrogen) atoms. The van der Waals surface area contributed by atoms with Gasteiger partial charge in [-0.05, 0) is 25.5 Å². The first-order valence-electron chi connectivity index (χ1n) is 7.30. The number of carbonyl (C=O) groups is 2. The van der Waals surface area contributed by atoms with Gasteiger partial charge in [-0.3, -0.25) is 4.79 Å². The Morgan fingerprint density at radius 2 is 2.00 bits per heavy atom. The van der Waals surface area contributed by atoms with Gasteiger partial charge in [-0.25, -0.2) is 4.79 Å². The minimum Gasteiger partial charge on any atom is -0.495 e. The van der Waals surface area contributed by atoms with E-state index in [9.17, 15) is 9.59 Å². The van der Waals surface area contributed by atoms with Crippen LogP contribution in [0.2, 0.25) is 10.0 Å². The molecule has 1 amide bonds. The van der Waals surface area contributed by atoms with Crippen LogP contribution in [0.25, 0.3) is 10.1 Å². The van der Waals surface area contributed by atoms with Crippen LogP contribution in [-0.4, -0.2) is 31.6 Å². The van der Waals surface area contributed by atoms with Crippen LogP contribution in [0.5, 0.6) is 5.75 Å². The molecule has 0 aliphatic carbocycles. The van der Waals surface area contributed by atoms with E-state index in [0.717, 1.165) is 17.8 Å². The summed E-state index contributed by atoms with van der Waals surface area (Å²) in [6.07, 6.45) is 0.794. The summed E-state index contributed by atoms with van der Waals surface area (Å²) in [7, 11) is 1.51. The fourth-order valence-electron chi connectivity index (χ4n) is 1.98. The quantitative estimate of drug-likeness (QED) is 0.748. The van der Waals surface area contributed by atoms with Gasteiger partial charge in [0, 0.05) is 11.4 Å². The molecule has 0 aliphatic heterocycles. The van der Waals surface area contributed by atoms with E-state index >= 15 is 0 Å². The number of halogens is 2. The molecule has 1 atom stereocenters. The maximum atomic E-state index is 12.2. The summed E-state index contributed by atoms with van der Waals surface area (Å²) in [5.41, 5.74) is 0. The molecule has 0 bridgehead atoms. The van der Waals surface area contributed by atoms with E-state index in [2.05, 4.69) is 5.32 Å². The lowest BCUT2D eigenvalue weighted by molar-refractivity contribution is -0.124. The largest absolute Gasteiger partial charge is 0.495 e. The average molecular weight is 390 g/mol. The topological polar surface area (TPSA) is 64.6 Å². The van der Waals surface area contributed by atoms with Gasteiger partial charge < -0.3 is 14.8 Å². The van der Waals surface area contributed by atoms with Crippen LogP contribution in [0.15, 0.2) is 12.1 Å². The van der Waals surface area contributed by atoms with E-state index in [1.165, 1.54) is 7.11 Å². The second kappa shape index (κ2) is 8.05. The van der Waals surface area contributed by atoms with Gasteiger partial charge in [0.25, 0.3) is 5.91 Å². The van der Waals surface area contributed by atoms with Crippen molar-refractivity contribution in [3.05, 3.63) is 27.1 Å². The van der Waals surface area contributed by atoms with Gasteiger partial charge in [-0.2, -0.15) is 0 Å². The molecule has 0 unspecified atom stereocenters. The molecular weight excluding hydrogens is 373 g/mol. The number of benzene rings is 1. The van der Waals surface area contributed by atoms with Crippen molar-refractivity contribution in [2.75, 3.05) is 13.7 Å². The van der Waals surface area contributed by atoms with Gasteiger partial charge in [0.1, 0.15) is 15.6 Å². The van der Waals surface area contributed by atoms with Gasteiger partial charge in [0.2, 0.25) is 0 Å². The highest BCUT2D eigenvalue weighted by Gasteiger charge is 2.22. The summed E-state index contributed by atoms with van der Waals surface area (Å²) < 4.78 is 10.8. The van der Waals surface area contributed by atoms with Crippen molar-refractivity contribution in [2.45, 2.75) is 26.3 Å². The number of amides is 1. The summed E-state index contributed by atoms with van der Waals surface area (Å²) in [6.45, 7) is 3.47. The molecule has 130 valence electrons. The Balaban J connectivity index is 2.17. The van der Waals surface area contributed by atoms with E-state index in [-0.39, 0.29) is 28.5 Å². The van der Waals surface area contributed by atoms with Gasteiger partial charge in [0.05, 0.1) is 16.8 Å². The Hall–Kier alpha value is -1.50. The van der Waals surface area contributed by atoms with Gasteiger partial charge in [-0.15, -0.1) is 11.3 Å². The molecule has 1 heterocycles. The number of nitrogens with one attached hydrogen (secondary N) is 1. The summed E-state index contributed by atoms with van der Waals surface area (Å²) in [5, 5.41) is 4.00. The lowest BCUT2D eigenvalue weighted by atomic mass is 10.2. The lowest BCUT2D eigenvalue weighted by Gasteiger charge is -2.11. The van der Waals surface area contributed by atoms with Crippen molar-refractivity contribution in [1.29, 1.82) is 0 Å². The predicted octanol–water partition coefficient (Wildman–Crippen LogP) is 4.29. The van der Waals surface area contributed by atoms with Crippen LogP contribution in [-0.2, 0) is 9.53 Å². The van der Waals surface area contributed by atoms with Crippen molar-refractivity contribution in [2.24, 2.45) is 0 Å². The summed E-state index contributed by atoms with van der Waals surface area (Å²) in [6, 6.07) is 3.43. The van der Waals surface area contributed by atoms with E-state index in [1.54, 1.807) is 12.1 Å². The van der Waals surface area contributed by atoms with Crippen molar-refractivity contribution in [3.8, 4) is 5.75 Å². The molecule has 1 aromatic heterocycles. The zero-order valence-electron chi connectivity index (χ0n) is 13.4. The highest BCUT2D eigenvalue weighted by molar-refractivity contribution is 7.22. The minimum atomic E-state index is -0.657. The van der Waals surface area contributed by atoms with Crippen LogP contribution < -0.4 is 10.1 Å². The number of fused-ring (bicyclic) bond motifs is 1. The SMILES string of the molecule is CC[C@H](C)NC(=O)COC(=O)c1sc2c(Cl)c(OC)ccc2c1Cl. The fraction of sp³-hybridized carbons (Fsp3) is 0.375. The van der Waals surface area contributed by atoms with Gasteiger partial charge >= 0.3 is 5.97 Å². The third-order valence-corrected chi connectivity index (χ3v) is 5.66. The molecule has 0 saturated heterocycles. The smallest absolute Gasteiger partial charge is 0.350 e. The van der Waals surface area contributed by atoms with Crippen LogP contribution in [0, 0.1) is 0 Å². The standard InChI is InChI=1S/C16H17Cl2NO4S/c1-4-8(2)19-11(20)7-23-16(21)15-12(17)9-5-6-10(22-3)13(18)14(9)24-15/h5-6,8H,4,7H2,1-3H3,(H,19,20)/t8-/m0/s1. The molecule has 1 N–H and O–H groups in total. The third-order valence-electron chi connectivity index (χ3n) is 3.46. The molecule has 0 saturated carbocycles. The second-order valence-corrected chi connectivity index (χ2v) is 6.93. The Kier molecular flexibility index (Phi) is 6.32. The summed E-state index contributed by atoms with van der Waals surface area (Å²) >= 11 is 13.6.